The summed E-state index contributed by atoms with van der Waals surface area (Å²) in [5, 5.41) is 7.43. The molecule has 1 aliphatic heterocycles. The Morgan fingerprint density at radius 3 is 2.67 bits per heavy atom. The van der Waals surface area contributed by atoms with Gasteiger partial charge in [-0.1, -0.05) is 12.1 Å². The topological polar surface area (TPSA) is 88.2 Å². The van der Waals surface area contributed by atoms with Gasteiger partial charge in [-0.3, -0.25) is 5.41 Å². The molecule has 1 aliphatic rings. The number of fused-ring (bicyclic) bond motifs is 1. The lowest BCUT2D eigenvalue weighted by Gasteiger charge is -2.01. The number of aliphatic imine (C=N–C) groups is 1. The molecule has 1 heterocycles. The van der Waals surface area contributed by atoms with Crippen LogP contribution in [-0.4, -0.2) is 11.7 Å². The number of rotatable bonds is 0. The highest BCUT2D eigenvalue weighted by Gasteiger charge is 2.19. The van der Waals surface area contributed by atoms with Crippen LogP contribution in [0.4, 0.5) is 5.69 Å². The molecule has 0 aromatic heterocycles. The first-order chi connectivity index (χ1) is 5.70. The van der Waals surface area contributed by atoms with Gasteiger partial charge in [-0.05, 0) is 6.07 Å². The van der Waals surface area contributed by atoms with E-state index in [9.17, 15) is 0 Å². The maximum Gasteiger partial charge on any atom is 0.155 e. The third-order valence-corrected chi connectivity index (χ3v) is 1.84. The Hall–Kier alpha value is -1.84. The van der Waals surface area contributed by atoms with E-state index in [0.29, 0.717) is 22.6 Å². The molecule has 4 heteroatoms. The van der Waals surface area contributed by atoms with E-state index in [0.717, 1.165) is 0 Å². The van der Waals surface area contributed by atoms with Gasteiger partial charge in [0.2, 0.25) is 0 Å². The van der Waals surface area contributed by atoms with Crippen LogP contribution in [0.2, 0.25) is 0 Å². The summed E-state index contributed by atoms with van der Waals surface area (Å²) >= 11 is 0. The van der Waals surface area contributed by atoms with Crippen LogP contribution in [0.5, 0.6) is 0 Å². The second-order valence-electron chi connectivity index (χ2n) is 2.62. The summed E-state index contributed by atoms with van der Waals surface area (Å²) in [5.74, 6) is 0.530. The Bertz CT molecular complexity index is 392. The molecule has 0 fully saturated rings. The number of nitrogens with two attached hydrogens (primary N) is 2. The van der Waals surface area contributed by atoms with Crippen molar-refractivity contribution in [1.82, 2.24) is 0 Å². The average molecular weight is 160 g/mol. The molecule has 1 aromatic rings. The number of nitrogens with zero attached hydrogens (tertiary/aromatic N) is 1. The van der Waals surface area contributed by atoms with Crippen molar-refractivity contribution in [2.24, 2.45) is 10.7 Å². The van der Waals surface area contributed by atoms with Crippen molar-refractivity contribution in [3.05, 3.63) is 29.3 Å². The van der Waals surface area contributed by atoms with Crippen molar-refractivity contribution in [1.29, 1.82) is 5.41 Å². The van der Waals surface area contributed by atoms with Gasteiger partial charge in [-0.25, -0.2) is 4.99 Å². The molecule has 2 rings (SSSR count). The summed E-state index contributed by atoms with van der Waals surface area (Å²) in [6.45, 7) is 0. The molecule has 4 nitrogen and oxygen atoms in total. The van der Waals surface area contributed by atoms with E-state index in [1.54, 1.807) is 18.2 Å². The number of hydrogen-bond donors (Lipinski definition) is 3. The zero-order valence-electron chi connectivity index (χ0n) is 6.33. The van der Waals surface area contributed by atoms with Crippen molar-refractivity contribution < 1.29 is 0 Å². The maximum atomic E-state index is 7.43. The average Bonchev–Trinajstić information content (AvgIpc) is 2.29. The first kappa shape index (κ1) is 6.84. The fourth-order valence-electron chi connectivity index (χ4n) is 1.29. The highest BCUT2D eigenvalue weighted by atomic mass is 14.9. The number of amidine groups is 2. The molecule has 0 atom stereocenters. The number of anilines is 1. The van der Waals surface area contributed by atoms with Gasteiger partial charge in [-0.15, -0.1) is 0 Å². The number of benzene rings is 1. The molecule has 5 N–H and O–H groups in total. The molecule has 0 spiro atoms. The molecule has 0 aliphatic carbocycles. The van der Waals surface area contributed by atoms with Crippen molar-refractivity contribution in [3.63, 3.8) is 0 Å². The minimum Gasteiger partial charge on any atom is -0.398 e. The molecule has 12 heavy (non-hydrogen) atoms. The molecular formula is C8H8N4. The fourth-order valence-corrected chi connectivity index (χ4v) is 1.29. The zero-order valence-corrected chi connectivity index (χ0v) is 6.33. The largest absolute Gasteiger partial charge is 0.398 e. The van der Waals surface area contributed by atoms with Crippen LogP contribution >= 0.6 is 0 Å². The highest BCUT2D eigenvalue weighted by molar-refractivity contribution is 6.23. The van der Waals surface area contributed by atoms with Crippen molar-refractivity contribution in [2.75, 3.05) is 5.73 Å². The number of nitrogen functional groups attached to an aromatic ring is 1. The van der Waals surface area contributed by atoms with Crippen LogP contribution < -0.4 is 11.5 Å². The van der Waals surface area contributed by atoms with Crippen LogP contribution in [0.1, 0.15) is 11.1 Å². The lowest BCUT2D eigenvalue weighted by atomic mass is 10.1. The number of hydrogen-bond acceptors (Lipinski definition) is 3. The molecule has 0 radical (unpaired) electrons. The molecular weight excluding hydrogens is 152 g/mol. The Labute approximate surface area is 69.4 Å². The second-order valence-corrected chi connectivity index (χ2v) is 2.62. The van der Waals surface area contributed by atoms with Crippen LogP contribution in [0.25, 0.3) is 0 Å². The molecule has 60 valence electrons. The van der Waals surface area contributed by atoms with Gasteiger partial charge in [0.1, 0.15) is 5.84 Å². The SMILES string of the molecule is N=C1N=C(N)c2c(N)cccc21. The first-order valence-electron chi connectivity index (χ1n) is 3.52. The summed E-state index contributed by atoms with van der Waals surface area (Å²) in [6, 6.07) is 5.33. The Morgan fingerprint density at radius 2 is 2.00 bits per heavy atom. The molecule has 0 saturated heterocycles. The smallest absolute Gasteiger partial charge is 0.155 e. The molecule has 0 saturated carbocycles. The third kappa shape index (κ3) is 0.717. The molecule has 0 unspecified atom stereocenters. The summed E-state index contributed by atoms with van der Waals surface area (Å²) in [4.78, 5) is 3.82. The molecule has 0 bridgehead atoms. The van der Waals surface area contributed by atoms with Gasteiger partial charge >= 0.3 is 0 Å². The van der Waals surface area contributed by atoms with E-state index in [1.807, 2.05) is 0 Å². The van der Waals surface area contributed by atoms with Crippen molar-refractivity contribution in [3.8, 4) is 0 Å². The Kier molecular flexibility index (Phi) is 1.18. The van der Waals surface area contributed by atoms with Crippen LogP contribution in [-0.2, 0) is 0 Å². The van der Waals surface area contributed by atoms with Gasteiger partial charge < -0.3 is 11.5 Å². The normalized spacial score (nSPS) is 14.3. The van der Waals surface area contributed by atoms with E-state index in [-0.39, 0.29) is 5.84 Å². The van der Waals surface area contributed by atoms with Gasteiger partial charge in [-0.2, -0.15) is 0 Å². The third-order valence-electron chi connectivity index (χ3n) is 1.84. The maximum absolute atomic E-state index is 7.43. The monoisotopic (exact) mass is 160 g/mol. The molecule has 0 amide bonds. The van der Waals surface area contributed by atoms with Gasteiger partial charge in [0.05, 0.1) is 5.56 Å². The highest BCUT2D eigenvalue weighted by Crippen LogP contribution is 2.22. The molecule has 1 aromatic carbocycles. The van der Waals surface area contributed by atoms with Gasteiger partial charge in [0.15, 0.2) is 5.84 Å². The predicted molar refractivity (Wildman–Crippen MR) is 48.4 cm³/mol. The number of nitrogens with one attached hydrogen (secondary N) is 1. The van der Waals surface area contributed by atoms with Gasteiger partial charge in [0.25, 0.3) is 0 Å². The van der Waals surface area contributed by atoms with E-state index < -0.39 is 0 Å². The Balaban J connectivity index is 2.77. The van der Waals surface area contributed by atoms with Gasteiger partial charge in [0, 0.05) is 11.3 Å². The minimum atomic E-state index is 0.190. The Morgan fingerprint density at radius 1 is 1.25 bits per heavy atom. The lowest BCUT2D eigenvalue weighted by Crippen LogP contribution is -2.12. The lowest BCUT2D eigenvalue weighted by molar-refractivity contribution is 1.45. The standard InChI is InChI=1S/C8H8N4/c9-5-3-1-2-4-6(5)8(11)12-7(4)10/h1-3H,9H2,(H3,10,11,12). The van der Waals surface area contributed by atoms with Crippen molar-refractivity contribution in [2.45, 2.75) is 0 Å². The minimum absolute atomic E-state index is 0.190. The summed E-state index contributed by atoms with van der Waals surface area (Å²) in [6.07, 6.45) is 0. The first-order valence-corrected chi connectivity index (χ1v) is 3.52. The van der Waals surface area contributed by atoms with E-state index in [2.05, 4.69) is 4.99 Å². The predicted octanol–water partition coefficient (Wildman–Crippen LogP) is 0.313. The van der Waals surface area contributed by atoms with E-state index in [4.69, 9.17) is 16.9 Å². The summed E-state index contributed by atoms with van der Waals surface area (Å²) < 4.78 is 0. The summed E-state index contributed by atoms with van der Waals surface area (Å²) in [7, 11) is 0. The van der Waals surface area contributed by atoms with Crippen LogP contribution in [0, 0.1) is 5.41 Å². The zero-order chi connectivity index (χ0) is 8.72. The second kappa shape index (κ2) is 2.07. The van der Waals surface area contributed by atoms with Crippen LogP contribution in [0.15, 0.2) is 23.2 Å². The quantitative estimate of drug-likeness (QED) is 0.477. The van der Waals surface area contributed by atoms with E-state index in [1.165, 1.54) is 0 Å². The van der Waals surface area contributed by atoms with Crippen LogP contribution in [0.3, 0.4) is 0 Å². The van der Waals surface area contributed by atoms with Crippen molar-refractivity contribution >= 4 is 17.4 Å². The summed E-state index contributed by atoms with van der Waals surface area (Å²) in [5.41, 5.74) is 13.2. The van der Waals surface area contributed by atoms with E-state index >= 15 is 0 Å². The fraction of sp³-hybridized carbons (Fsp3) is 0.